The summed E-state index contributed by atoms with van der Waals surface area (Å²) in [6.45, 7) is 7.61. The monoisotopic (exact) mass is 271 g/mol. The van der Waals surface area contributed by atoms with E-state index in [-0.39, 0.29) is 0 Å². The van der Waals surface area contributed by atoms with Crippen LogP contribution in [0.3, 0.4) is 0 Å². The Balaban J connectivity index is 1.84. The topological polar surface area (TPSA) is 58.4 Å². The average molecular weight is 271 g/mol. The molecule has 0 radical (unpaired) electrons. The third-order valence-electron chi connectivity index (χ3n) is 2.85. The van der Waals surface area contributed by atoms with Crippen LogP contribution in [0.25, 0.3) is 0 Å². The summed E-state index contributed by atoms with van der Waals surface area (Å²) in [5, 5.41) is 3.33. The van der Waals surface area contributed by atoms with Gasteiger partial charge in [0.25, 0.3) is 6.01 Å². The van der Waals surface area contributed by atoms with Crippen LogP contribution in [-0.2, 0) is 17.3 Å². The van der Waals surface area contributed by atoms with Gasteiger partial charge >= 0.3 is 0 Å². The van der Waals surface area contributed by atoms with Crippen LogP contribution in [0.15, 0.2) is 10.7 Å². The van der Waals surface area contributed by atoms with Crippen molar-refractivity contribution in [2.24, 2.45) is 5.92 Å². The van der Waals surface area contributed by atoms with E-state index in [1.54, 1.807) is 6.26 Å². The van der Waals surface area contributed by atoms with Gasteiger partial charge in [0.1, 0.15) is 6.26 Å². The van der Waals surface area contributed by atoms with E-state index in [1.165, 1.54) is 0 Å². The molecule has 5 nitrogen and oxygen atoms in total. The van der Waals surface area contributed by atoms with Crippen molar-refractivity contribution < 1.29 is 8.63 Å². The van der Waals surface area contributed by atoms with Gasteiger partial charge in [0.15, 0.2) is 0 Å². The quantitative estimate of drug-likeness (QED) is 0.865. The van der Waals surface area contributed by atoms with Crippen molar-refractivity contribution in [1.29, 1.82) is 0 Å². The van der Waals surface area contributed by atoms with Crippen LogP contribution in [0.1, 0.15) is 19.5 Å². The number of aromatic nitrogens is 1. The number of rotatable bonds is 5. The van der Waals surface area contributed by atoms with Gasteiger partial charge < -0.3 is 14.6 Å². The zero-order chi connectivity index (χ0) is 13.0. The first kappa shape index (κ1) is 13.5. The lowest BCUT2D eigenvalue weighted by Gasteiger charge is -2.24. The van der Waals surface area contributed by atoms with E-state index in [9.17, 15) is 4.21 Å². The van der Waals surface area contributed by atoms with Gasteiger partial charge in [-0.05, 0) is 12.5 Å². The van der Waals surface area contributed by atoms with Gasteiger partial charge in [-0.1, -0.05) is 13.8 Å². The fourth-order valence-corrected chi connectivity index (χ4v) is 2.89. The van der Waals surface area contributed by atoms with Crippen LogP contribution in [0, 0.1) is 5.92 Å². The average Bonchev–Trinajstić information content (AvgIpc) is 2.78. The molecule has 1 aromatic heterocycles. The van der Waals surface area contributed by atoms with Crippen LogP contribution in [0.2, 0.25) is 0 Å². The summed E-state index contributed by atoms with van der Waals surface area (Å²) in [4.78, 5) is 6.52. The molecule has 1 aliphatic rings. The fourth-order valence-electron chi connectivity index (χ4n) is 1.84. The summed E-state index contributed by atoms with van der Waals surface area (Å²) in [6, 6.07) is 0.660. The molecule has 0 spiro atoms. The minimum atomic E-state index is -0.661. The molecular weight excluding hydrogens is 250 g/mol. The molecular formula is C12H21N3O2S. The Morgan fingerprint density at radius 2 is 2.22 bits per heavy atom. The van der Waals surface area contributed by atoms with E-state index in [0.717, 1.165) is 31.9 Å². The Labute approximate surface area is 110 Å². The lowest BCUT2D eigenvalue weighted by atomic mass is 10.2. The molecule has 6 heteroatoms. The molecule has 2 heterocycles. The molecule has 1 aliphatic heterocycles. The standard InChI is InChI=1S/C12H21N3O2S/c1-10(2)7-13-8-11-9-17-12(14-11)15-3-5-18(16)6-4-15/h9-10,13H,3-8H2,1-2H3. The van der Waals surface area contributed by atoms with Gasteiger partial charge in [-0.15, -0.1) is 0 Å². The first-order valence-electron chi connectivity index (χ1n) is 6.40. The van der Waals surface area contributed by atoms with Crippen molar-refractivity contribution in [3.63, 3.8) is 0 Å². The van der Waals surface area contributed by atoms with Crippen molar-refractivity contribution in [3.8, 4) is 0 Å². The van der Waals surface area contributed by atoms with E-state index in [1.807, 2.05) is 0 Å². The number of hydrogen-bond acceptors (Lipinski definition) is 5. The minimum absolute atomic E-state index is 0.633. The molecule has 1 aromatic rings. The maximum atomic E-state index is 11.3. The van der Waals surface area contributed by atoms with Gasteiger partial charge in [0.05, 0.1) is 5.69 Å². The van der Waals surface area contributed by atoms with Crippen molar-refractivity contribution in [2.45, 2.75) is 20.4 Å². The lowest BCUT2D eigenvalue weighted by molar-refractivity contribution is 0.531. The molecule has 2 rings (SSSR count). The SMILES string of the molecule is CC(C)CNCc1coc(N2CCS(=O)CC2)n1. The van der Waals surface area contributed by atoms with Crippen LogP contribution >= 0.6 is 0 Å². The smallest absolute Gasteiger partial charge is 0.297 e. The molecule has 1 N–H and O–H groups in total. The molecule has 1 saturated heterocycles. The molecule has 1 fully saturated rings. The molecule has 102 valence electrons. The van der Waals surface area contributed by atoms with Crippen molar-refractivity contribution in [3.05, 3.63) is 12.0 Å². The van der Waals surface area contributed by atoms with E-state index in [0.29, 0.717) is 23.4 Å². The largest absolute Gasteiger partial charge is 0.432 e. The number of anilines is 1. The van der Waals surface area contributed by atoms with E-state index >= 15 is 0 Å². The molecule has 0 amide bonds. The Morgan fingerprint density at radius 3 is 2.89 bits per heavy atom. The minimum Gasteiger partial charge on any atom is -0.432 e. The predicted molar refractivity (Wildman–Crippen MR) is 73.1 cm³/mol. The van der Waals surface area contributed by atoms with Crippen molar-refractivity contribution in [1.82, 2.24) is 10.3 Å². The third-order valence-corrected chi connectivity index (χ3v) is 4.12. The highest BCUT2D eigenvalue weighted by molar-refractivity contribution is 7.85. The second-order valence-electron chi connectivity index (χ2n) is 4.98. The predicted octanol–water partition coefficient (Wildman–Crippen LogP) is 0.989. The highest BCUT2D eigenvalue weighted by Gasteiger charge is 2.19. The second-order valence-corrected chi connectivity index (χ2v) is 6.68. The van der Waals surface area contributed by atoms with Gasteiger partial charge in [0, 0.05) is 41.9 Å². The van der Waals surface area contributed by atoms with E-state index < -0.39 is 10.8 Å². The van der Waals surface area contributed by atoms with E-state index in [4.69, 9.17) is 4.42 Å². The first-order valence-corrected chi connectivity index (χ1v) is 7.89. The Bertz CT molecular complexity index is 396. The molecule has 0 unspecified atom stereocenters. The maximum absolute atomic E-state index is 11.3. The Morgan fingerprint density at radius 1 is 1.50 bits per heavy atom. The van der Waals surface area contributed by atoms with Gasteiger partial charge in [0.2, 0.25) is 0 Å². The molecule has 18 heavy (non-hydrogen) atoms. The highest BCUT2D eigenvalue weighted by atomic mass is 32.2. The summed E-state index contributed by atoms with van der Waals surface area (Å²) in [7, 11) is -0.661. The first-order chi connectivity index (χ1) is 8.65. The molecule has 0 aromatic carbocycles. The highest BCUT2D eigenvalue weighted by Crippen LogP contribution is 2.15. The van der Waals surface area contributed by atoms with Crippen LogP contribution in [-0.4, -0.2) is 40.3 Å². The zero-order valence-electron chi connectivity index (χ0n) is 11.0. The van der Waals surface area contributed by atoms with Crippen LogP contribution in [0.5, 0.6) is 0 Å². The van der Waals surface area contributed by atoms with Gasteiger partial charge in [-0.3, -0.25) is 4.21 Å². The number of hydrogen-bond donors (Lipinski definition) is 1. The zero-order valence-corrected chi connectivity index (χ0v) is 11.8. The number of nitrogens with one attached hydrogen (secondary N) is 1. The Kier molecular flexibility index (Phi) is 4.77. The second kappa shape index (κ2) is 6.33. The molecule has 0 aliphatic carbocycles. The fraction of sp³-hybridized carbons (Fsp3) is 0.750. The molecule has 0 atom stereocenters. The summed E-state index contributed by atoms with van der Waals surface area (Å²) in [5.41, 5.74) is 0.928. The summed E-state index contributed by atoms with van der Waals surface area (Å²) in [5.74, 6) is 2.06. The Hall–Kier alpha value is -0.880. The van der Waals surface area contributed by atoms with E-state index in [2.05, 4.69) is 29.0 Å². The number of oxazole rings is 1. The lowest BCUT2D eigenvalue weighted by Crippen LogP contribution is -2.37. The summed E-state index contributed by atoms with van der Waals surface area (Å²) in [6.07, 6.45) is 1.70. The van der Waals surface area contributed by atoms with Crippen molar-refractivity contribution >= 4 is 16.8 Å². The number of nitrogens with zero attached hydrogens (tertiary/aromatic N) is 2. The van der Waals surface area contributed by atoms with Gasteiger partial charge in [-0.2, -0.15) is 4.98 Å². The molecule has 0 saturated carbocycles. The maximum Gasteiger partial charge on any atom is 0.297 e. The van der Waals surface area contributed by atoms with Gasteiger partial charge in [-0.25, -0.2) is 0 Å². The van der Waals surface area contributed by atoms with Crippen molar-refractivity contribution in [2.75, 3.05) is 36.0 Å². The van der Waals surface area contributed by atoms with Crippen LogP contribution in [0.4, 0.5) is 6.01 Å². The third kappa shape index (κ3) is 3.81. The summed E-state index contributed by atoms with van der Waals surface area (Å²) >= 11 is 0. The van der Waals surface area contributed by atoms with Crippen LogP contribution < -0.4 is 10.2 Å². The normalized spacial score (nSPS) is 17.6. The summed E-state index contributed by atoms with van der Waals surface area (Å²) < 4.78 is 16.7. The molecule has 0 bridgehead atoms.